The molecule has 0 bridgehead atoms. The minimum Gasteiger partial charge on any atom is -0.454 e. The zero-order valence-electron chi connectivity index (χ0n) is 17.0. The number of nitrogens with zero attached hydrogens (tertiary/aromatic N) is 1. The molecule has 3 rings (SSSR count). The molecule has 0 radical (unpaired) electrons. The van der Waals surface area contributed by atoms with Crippen LogP contribution in [0.3, 0.4) is 0 Å². The molecule has 2 N–H and O–H groups in total. The van der Waals surface area contributed by atoms with E-state index < -0.39 is 48.5 Å². The molecule has 160 valence electrons. The second-order valence-corrected chi connectivity index (χ2v) is 7.88. The molecule has 2 fully saturated rings. The van der Waals surface area contributed by atoms with Crippen LogP contribution in [0.1, 0.15) is 32.3 Å². The van der Waals surface area contributed by atoms with Crippen LogP contribution in [0, 0.1) is 5.92 Å². The molecule has 0 spiro atoms. The van der Waals surface area contributed by atoms with Crippen LogP contribution >= 0.6 is 0 Å². The van der Waals surface area contributed by atoms with Crippen molar-refractivity contribution >= 4 is 29.6 Å². The van der Waals surface area contributed by atoms with E-state index in [0.717, 1.165) is 23.3 Å². The van der Waals surface area contributed by atoms with Crippen molar-refractivity contribution in [3.05, 3.63) is 35.9 Å². The normalized spacial score (nSPS) is 21.7. The topological polar surface area (TPSA) is 122 Å². The highest BCUT2D eigenvalue weighted by Crippen LogP contribution is 2.42. The van der Waals surface area contributed by atoms with Gasteiger partial charge in [-0.15, -0.1) is 0 Å². The van der Waals surface area contributed by atoms with E-state index in [4.69, 9.17) is 4.74 Å². The Morgan fingerprint density at radius 2 is 1.90 bits per heavy atom. The fourth-order valence-electron chi connectivity index (χ4n) is 3.50. The second-order valence-electron chi connectivity index (χ2n) is 7.88. The first-order chi connectivity index (χ1) is 14.2. The van der Waals surface area contributed by atoms with E-state index in [-0.39, 0.29) is 11.7 Å². The summed E-state index contributed by atoms with van der Waals surface area (Å²) >= 11 is 0. The van der Waals surface area contributed by atoms with Crippen molar-refractivity contribution in [3.63, 3.8) is 0 Å². The quantitative estimate of drug-likeness (QED) is 0.449. The van der Waals surface area contributed by atoms with Crippen LogP contribution in [0.15, 0.2) is 30.3 Å². The molecule has 30 heavy (non-hydrogen) atoms. The average Bonchev–Trinajstić information content (AvgIpc) is 3.53. The molecule has 4 amide bonds. The van der Waals surface area contributed by atoms with Crippen molar-refractivity contribution < 1.29 is 28.7 Å². The summed E-state index contributed by atoms with van der Waals surface area (Å²) in [5.74, 6) is -2.13. The smallest absolute Gasteiger partial charge is 0.326 e. The monoisotopic (exact) mass is 415 g/mol. The van der Waals surface area contributed by atoms with Crippen molar-refractivity contribution in [3.8, 4) is 0 Å². The van der Waals surface area contributed by atoms with Gasteiger partial charge in [-0.25, -0.2) is 4.79 Å². The Balaban J connectivity index is 1.48. The highest BCUT2D eigenvalue weighted by molar-refractivity contribution is 6.08. The molecular formula is C21H25N3O6. The first kappa shape index (κ1) is 21.5. The zero-order chi connectivity index (χ0) is 21.9. The largest absolute Gasteiger partial charge is 0.454 e. The van der Waals surface area contributed by atoms with Gasteiger partial charge >= 0.3 is 12.0 Å². The molecule has 0 aromatic heterocycles. The Hall–Kier alpha value is -3.23. The highest BCUT2D eigenvalue weighted by atomic mass is 16.5. The van der Waals surface area contributed by atoms with E-state index >= 15 is 0 Å². The van der Waals surface area contributed by atoms with Gasteiger partial charge < -0.3 is 15.4 Å². The van der Waals surface area contributed by atoms with Crippen molar-refractivity contribution in [2.75, 3.05) is 13.2 Å². The summed E-state index contributed by atoms with van der Waals surface area (Å²) in [6, 6.07) is 7.81. The van der Waals surface area contributed by atoms with Crippen molar-refractivity contribution in [1.82, 2.24) is 15.5 Å². The number of ether oxygens (including phenoxy) is 1. The van der Waals surface area contributed by atoms with E-state index in [1.807, 2.05) is 30.3 Å². The fraction of sp³-hybridized carbons (Fsp3) is 0.476. The number of esters is 1. The number of amides is 4. The molecule has 1 aliphatic heterocycles. The maximum atomic E-state index is 12.5. The molecule has 0 unspecified atom stereocenters. The summed E-state index contributed by atoms with van der Waals surface area (Å²) in [6.45, 7) is 1.84. The summed E-state index contributed by atoms with van der Waals surface area (Å²) in [4.78, 5) is 61.4. The summed E-state index contributed by atoms with van der Waals surface area (Å²) in [7, 11) is 0. The SMILES string of the molecule is CC(=O)[C@@H](Cc1ccccc1)NC(=O)COC(=O)CN1C(=O)N[C@](C)(C2CC2)C1=O. The van der Waals surface area contributed by atoms with E-state index in [1.54, 1.807) is 6.92 Å². The molecular weight excluding hydrogens is 390 g/mol. The maximum Gasteiger partial charge on any atom is 0.326 e. The minimum absolute atomic E-state index is 0.0777. The molecule has 1 saturated carbocycles. The van der Waals surface area contributed by atoms with Crippen molar-refractivity contribution in [2.45, 2.75) is 44.7 Å². The van der Waals surface area contributed by atoms with Crippen LogP contribution in [0.4, 0.5) is 4.79 Å². The maximum absolute atomic E-state index is 12.5. The van der Waals surface area contributed by atoms with Gasteiger partial charge in [-0.3, -0.25) is 24.1 Å². The lowest BCUT2D eigenvalue weighted by Crippen LogP contribution is -2.46. The van der Waals surface area contributed by atoms with Crippen LogP contribution in [0.5, 0.6) is 0 Å². The molecule has 1 saturated heterocycles. The van der Waals surface area contributed by atoms with Gasteiger partial charge in [0.15, 0.2) is 12.4 Å². The molecule has 1 aromatic carbocycles. The number of benzene rings is 1. The molecule has 1 aromatic rings. The number of hydrogen-bond acceptors (Lipinski definition) is 6. The third-order valence-corrected chi connectivity index (χ3v) is 5.46. The molecule has 1 heterocycles. The third kappa shape index (κ3) is 4.84. The number of nitrogens with one attached hydrogen (secondary N) is 2. The summed E-state index contributed by atoms with van der Waals surface area (Å²) < 4.78 is 4.90. The van der Waals surface area contributed by atoms with E-state index in [1.165, 1.54) is 6.92 Å². The van der Waals surface area contributed by atoms with E-state index in [2.05, 4.69) is 10.6 Å². The summed E-state index contributed by atoms with van der Waals surface area (Å²) in [5.41, 5.74) is -0.104. The summed E-state index contributed by atoms with van der Waals surface area (Å²) in [6.07, 6.45) is 2.01. The Morgan fingerprint density at radius 3 is 2.50 bits per heavy atom. The van der Waals surface area contributed by atoms with Crippen molar-refractivity contribution in [2.24, 2.45) is 5.92 Å². The highest BCUT2D eigenvalue weighted by Gasteiger charge is 2.56. The number of imide groups is 1. The minimum atomic E-state index is -0.985. The van der Waals surface area contributed by atoms with Crippen molar-refractivity contribution in [1.29, 1.82) is 0 Å². The Morgan fingerprint density at radius 1 is 1.23 bits per heavy atom. The number of ketones is 1. The average molecular weight is 415 g/mol. The fourth-order valence-corrected chi connectivity index (χ4v) is 3.50. The number of hydrogen-bond donors (Lipinski definition) is 2. The lowest BCUT2D eigenvalue weighted by Gasteiger charge is -2.20. The van der Waals surface area contributed by atoms with Crippen LogP contribution in [0.2, 0.25) is 0 Å². The molecule has 9 nitrogen and oxygen atoms in total. The number of carbonyl (C=O) groups is 5. The Bertz CT molecular complexity index is 867. The van der Waals surface area contributed by atoms with E-state index in [9.17, 15) is 24.0 Å². The lowest BCUT2D eigenvalue weighted by molar-refractivity contribution is -0.151. The molecule has 9 heteroatoms. The molecule has 1 aliphatic carbocycles. The van der Waals surface area contributed by atoms with Crippen LogP contribution in [-0.2, 0) is 30.3 Å². The van der Waals surface area contributed by atoms with Gasteiger partial charge in [0.05, 0.1) is 6.04 Å². The van der Waals surface area contributed by atoms with Gasteiger partial charge in [-0.2, -0.15) is 0 Å². The number of Topliss-reactive ketones (excluding diaryl/α,β-unsaturated/α-hetero) is 1. The van der Waals surface area contributed by atoms with Crippen LogP contribution < -0.4 is 10.6 Å². The van der Waals surface area contributed by atoms with Crippen LogP contribution in [-0.4, -0.2) is 59.2 Å². The first-order valence-corrected chi connectivity index (χ1v) is 9.84. The number of rotatable bonds is 9. The van der Waals surface area contributed by atoms with Gasteiger partial charge in [0.2, 0.25) is 0 Å². The lowest BCUT2D eigenvalue weighted by atomic mass is 9.96. The third-order valence-electron chi connectivity index (χ3n) is 5.46. The van der Waals surface area contributed by atoms with Gasteiger partial charge in [0.25, 0.3) is 11.8 Å². The number of urea groups is 1. The zero-order valence-corrected chi connectivity index (χ0v) is 17.0. The number of carbonyl (C=O) groups excluding carboxylic acids is 5. The molecule has 2 atom stereocenters. The standard InChI is InChI=1S/C21H25N3O6/c1-13(25)16(10-14-6-4-3-5-7-14)22-17(26)12-30-18(27)11-24-19(28)21(2,15-8-9-15)23-20(24)29/h3-7,15-16H,8-12H2,1-2H3,(H,22,26)(H,23,29)/t16-,21-/m1/s1. The summed E-state index contributed by atoms with van der Waals surface area (Å²) in [5, 5.41) is 5.18. The predicted molar refractivity (Wildman–Crippen MR) is 105 cm³/mol. The predicted octanol–water partition coefficient (Wildman–Crippen LogP) is 0.567. The van der Waals surface area contributed by atoms with Gasteiger partial charge in [0.1, 0.15) is 12.1 Å². The van der Waals surface area contributed by atoms with Crippen LogP contribution in [0.25, 0.3) is 0 Å². The van der Waals surface area contributed by atoms with Gasteiger partial charge in [-0.05, 0) is 44.6 Å². The van der Waals surface area contributed by atoms with E-state index in [0.29, 0.717) is 6.42 Å². The second kappa shape index (κ2) is 8.64. The Kier molecular flexibility index (Phi) is 6.19. The van der Waals surface area contributed by atoms with Gasteiger partial charge in [-0.1, -0.05) is 30.3 Å². The first-order valence-electron chi connectivity index (χ1n) is 9.84. The van der Waals surface area contributed by atoms with Gasteiger partial charge in [0, 0.05) is 0 Å². The Labute approximate surface area is 174 Å². The molecule has 2 aliphatic rings.